The molecule has 24 rings (SSSR count). The third-order valence-electron chi connectivity index (χ3n) is 22.3. The summed E-state index contributed by atoms with van der Waals surface area (Å²) in [6, 6.07) is 127. The van der Waals surface area contributed by atoms with E-state index in [4.69, 9.17) is 19.9 Å². The topological polar surface area (TPSA) is 61.4 Å². The number of aromatic nitrogens is 6. The third kappa shape index (κ3) is 9.37. The summed E-state index contributed by atoms with van der Waals surface area (Å²) in [5.74, 6) is 1.32. The molecule has 0 aliphatic rings. The van der Waals surface area contributed by atoms with E-state index < -0.39 is 0 Å². The van der Waals surface area contributed by atoms with Crippen molar-refractivity contribution in [3.05, 3.63) is 352 Å². The van der Waals surface area contributed by atoms with Gasteiger partial charge in [-0.1, -0.05) is 273 Å². The van der Waals surface area contributed by atoms with Crippen LogP contribution in [0.1, 0.15) is 0 Å². The van der Waals surface area contributed by atoms with E-state index in [0.29, 0.717) is 11.9 Å². The van der Waals surface area contributed by atoms with Crippen molar-refractivity contribution < 1.29 is 0 Å². The average molecular weight is 1410 g/mol. The molecule has 18 aromatic carbocycles. The van der Waals surface area contributed by atoms with Crippen LogP contribution in [0, 0.1) is 0 Å². The number of nitrogens with zero attached hydrogens (tertiary/aromatic N) is 6. The molecule has 6 aromatic heterocycles. The zero-order valence-electron chi connectivity index (χ0n) is 58.0. The summed E-state index contributed by atoms with van der Waals surface area (Å²) in [5, 5.41) is 26.4. The van der Waals surface area contributed by atoms with Gasteiger partial charge in [-0.15, -0.1) is 22.7 Å². The summed E-state index contributed by atoms with van der Waals surface area (Å²) in [6.07, 6.45) is 0. The molecule has 0 saturated carbocycles. The van der Waals surface area contributed by atoms with Crippen LogP contribution >= 0.6 is 22.7 Å². The van der Waals surface area contributed by atoms with Crippen LogP contribution in [0.25, 0.3) is 227 Å². The molecular weight excluding hydrogens is 1350 g/mol. The second-order valence-electron chi connectivity index (χ2n) is 28.3. The zero-order valence-corrected chi connectivity index (χ0v) is 59.6. The van der Waals surface area contributed by atoms with Gasteiger partial charge in [-0.25, -0.2) is 19.9 Å². The smallest absolute Gasteiger partial charge is 0.235 e. The van der Waals surface area contributed by atoms with E-state index in [0.717, 1.165) is 66.4 Å². The molecule has 0 atom stereocenters. The molecule has 0 spiro atoms. The van der Waals surface area contributed by atoms with Crippen LogP contribution < -0.4 is 0 Å². The van der Waals surface area contributed by atoms with Crippen LogP contribution in [-0.2, 0) is 0 Å². The number of thiophene rings is 2. The Kier molecular flexibility index (Phi) is 13.4. The molecule has 6 heterocycles. The molecule has 0 aliphatic heterocycles. The van der Waals surface area contributed by atoms with E-state index in [-0.39, 0.29) is 0 Å². The lowest BCUT2D eigenvalue weighted by Crippen LogP contribution is -2.04. The van der Waals surface area contributed by atoms with E-state index >= 15 is 0 Å². The van der Waals surface area contributed by atoms with E-state index in [1.807, 2.05) is 22.7 Å². The van der Waals surface area contributed by atoms with Gasteiger partial charge in [-0.3, -0.25) is 9.13 Å². The van der Waals surface area contributed by atoms with Gasteiger partial charge in [0, 0.05) is 100 Å². The summed E-state index contributed by atoms with van der Waals surface area (Å²) in [6.45, 7) is 0. The van der Waals surface area contributed by atoms with E-state index in [1.165, 1.54) is 149 Å². The average Bonchev–Trinajstić information content (AvgIpc) is 1.54. The van der Waals surface area contributed by atoms with Crippen molar-refractivity contribution in [2.24, 2.45) is 0 Å². The predicted molar refractivity (Wildman–Crippen MR) is 460 cm³/mol. The molecule has 0 fully saturated rings. The van der Waals surface area contributed by atoms with Crippen LogP contribution in [0.3, 0.4) is 0 Å². The molecule has 500 valence electrons. The van der Waals surface area contributed by atoms with E-state index in [9.17, 15) is 0 Å². The maximum absolute atomic E-state index is 5.58. The molecular formula is C100H58N6S2. The van der Waals surface area contributed by atoms with Gasteiger partial charge < -0.3 is 0 Å². The van der Waals surface area contributed by atoms with Crippen molar-refractivity contribution >= 4 is 193 Å². The van der Waals surface area contributed by atoms with Crippen molar-refractivity contribution in [1.29, 1.82) is 0 Å². The minimum Gasteiger partial charge on any atom is -0.277 e. The fourth-order valence-corrected chi connectivity index (χ4v) is 19.6. The SMILES string of the molecule is c1ccc2cc(-c3nc(-n4c5c(-c6ccc7sc8ccccc8c7c6)c6ccccc6cc5c5ccc6ccccc6c54)nc4ccccc34)ccc2c1.c1ccc2cc(-c3nc(-n4c5ccc6ccccc6c5c5cc6ccccc6c(-c6ccc7sc8ccccc8c7c6)c54)nc4ccccc34)ccc2c1. The highest BCUT2D eigenvalue weighted by molar-refractivity contribution is 7.26. The zero-order chi connectivity index (χ0) is 70.7. The van der Waals surface area contributed by atoms with Gasteiger partial charge in [0.05, 0.1) is 44.5 Å². The summed E-state index contributed by atoms with van der Waals surface area (Å²) in [7, 11) is 0. The third-order valence-corrected chi connectivity index (χ3v) is 24.6. The summed E-state index contributed by atoms with van der Waals surface area (Å²) in [5.41, 5.74) is 14.9. The van der Waals surface area contributed by atoms with Gasteiger partial charge in [-0.2, -0.15) is 0 Å². The Morgan fingerprint density at radius 2 is 0.593 bits per heavy atom. The number of fused-ring (bicyclic) bond motifs is 22. The van der Waals surface area contributed by atoms with Crippen molar-refractivity contribution in [1.82, 2.24) is 29.1 Å². The van der Waals surface area contributed by atoms with Crippen molar-refractivity contribution in [2.45, 2.75) is 0 Å². The molecule has 0 aliphatic carbocycles. The molecule has 0 N–H and O–H groups in total. The lowest BCUT2D eigenvalue weighted by molar-refractivity contribution is 1.02. The maximum atomic E-state index is 5.58. The van der Waals surface area contributed by atoms with Gasteiger partial charge in [0.1, 0.15) is 0 Å². The Labute approximate surface area is 626 Å². The maximum Gasteiger partial charge on any atom is 0.235 e. The highest BCUT2D eigenvalue weighted by Gasteiger charge is 2.27. The Balaban J connectivity index is 0.000000130. The van der Waals surface area contributed by atoms with Crippen molar-refractivity contribution in [3.63, 3.8) is 0 Å². The monoisotopic (exact) mass is 1410 g/mol. The van der Waals surface area contributed by atoms with Crippen LogP contribution in [0.2, 0.25) is 0 Å². The minimum absolute atomic E-state index is 0.658. The van der Waals surface area contributed by atoms with Crippen LogP contribution in [0.5, 0.6) is 0 Å². The second-order valence-corrected chi connectivity index (χ2v) is 30.5. The Morgan fingerprint density at radius 3 is 1.15 bits per heavy atom. The Morgan fingerprint density at radius 1 is 0.204 bits per heavy atom. The number of hydrogen-bond donors (Lipinski definition) is 0. The largest absolute Gasteiger partial charge is 0.277 e. The summed E-state index contributed by atoms with van der Waals surface area (Å²) < 4.78 is 9.90. The minimum atomic E-state index is 0.658. The lowest BCUT2D eigenvalue weighted by Gasteiger charge is -2.16. The van der Waals surface area contributed by atoms with Crippen molar-refractivity contribution in [3.8, 4) is 56.7 Å². The highest BCUT2D eigenvalue weighted by Crippen LogP contribution is 2.50. The van der Waals surface area contributed by atoms with E-state index in [1.54, 1.807) is 0 Å². The standard InChI is InChI=1S/2C50H29N3S/c1-2-13-32-27-35(22-21-30(32)11-1)47-40-18-7-9-19-43(40)51-50(52-47)53-48-37-16-6-3-12-31(37)23-25-39(48)42-28-33-14-4-5-15-36(33)46(49(42)53)34-24-26-45-41(29-34)38-17-8-10-20-44(38)54-45;1-2-13-32-27-35(22-21-30(32)11-1)48-39-18-7-9-19-42(39)51-50(52-48)53-43-25-23-31-12-3-5-15-36(31)47(43)41-28-33-14-4-6-16-37(33)46(49(41)53)34-24-26-45-40(29-34)38-17-8-10-20-44(38)54-45/h2*1-29H. The van der Waals surface area contributed by atoms with Gasteiger partial charge in [0.15, 0.2) is 0 Å². The number of hydrogen-bond acceptors (Lipinski definition) is 6. The van der Waals surface area contributed by atoms with Gasteiger partial charge in [-0.05, 0) is 149 Å². The fourth-order valence-electron chi connectivity index (χ4n) is 17.4. The van der Waals surface area contributed by atoms with Crippen LogP contribution in [0.4, 0.5) is 0 Å². The number of para-hydroxylation sites is 2. The first kappa shape index (κ1) is 60.6. The first-order valence-electron chi connectivity index (χ1n) is 36.6. The molecule has 24 aromatic rings. The molecule has 0 saturated heterocycles. The van der Waals surface area contributed by atoms with Crippen molar-refractivity contribution in [2.75, 3.05) is 0 Å². The second kappa shape index (κ2) is 23.9. The Bertz CT molecular complexity index is 7840. The van der Waals surface area contributed by atoms with Crippen LogP contribution in [0.15, 0.2) is 352 Å². The lowest BCUT2D eigenvalue weighted by atomic mass is 9.93. The summed E-state index contributed by atoms with van der Waals surface area (Å²) >= 11 is 3.71. The van der Waals surface area contributed by atoms with Gasteiger partial charge in [0.25, 0.3) is 0 Å². The molecule has 8 heteroatoms. The summed E-state index contributed by atoms with van der Waals surface area (Å²) in [4.78, 5) is 22.0. The van der Waals surface area contributed by atoms with Gasteiger partial charge in [0.2, 0.25) is 11.9 Å². The Hall–Kier alpha value is -13.8. The van der Waals surface area contributed by atoms with E-state index in [2.05, 4.69) is 361 Å². The highest BCUT2D eigenvalue weighted by atomic mass is 32.1. The molecule has 6 nitrogen and oxygen atoms in total. The number of rotatable bonds is 6. The number of benzene rings is 18. The fraction of sp³-hybridized carbons (Fsp3) is 0. The van der Waals surface area contributed by atoms with Crippen LogP contribution in [-0.4, -0.2) is 29.1 Å². The molecule has 0 unspecified atom stereocenters. The molecule has 0 amide bonds. The molecule has 0 radical (unpaired) electrons. The molecule has 108 heavy (non-hydrogen) atoms. The van der Waals surface area contributed by atoms with Gasteiger partial charge >= 0.3 is 0 Å². The normalized spacial score (nSPS) is 12.1. The predicted octanol–water partition coefficient (Wildman–Crippen LogP) is 27.8. The first-order valence-corrected chi connectivity index (χ1v) is 38.3. The quantitative estimate of drug-likeness (QED) is 0.166. The molecule has 0 bridgehead atoms. The first-order chi connectivity index (χ1) is 53.5.